The average Bonchev–Trinajstić information content (AvgIpc) is 3.03. The van der Waals surface area contributed by atoms with E-state index in [0.717, 1.165) is 13.0 Å². The molecule has 0 aliphatic carbocycles. The lowest BCUT2D eigenvalue weighted by atomic mass is 9.98. The zero-order valence-electron chi connectivity index (χ0n) is 13.4. The smallest absolute Gasteiger partial charge is 0.244 e. The van der Waals surface area contributed by atoms with Crippen molar-refractivity contribution in [1.82, 2.24) is 24.8 Å². The van der Waals surface area contributed by atoms with Crippen molar-refractivity contribution in [2.45, 2.75) is 43.7 Å². The normalized spacial score (nSPS) is 20.7. The van der Waals surface area contributed by atoms with Gasteiger partial charge in [-0.15, -0.1) is 0 Å². The van der Waals surface area contributed by atoms with Gasteiger partial charge in [0, 0.05) is 17.8 Å². The minimum atomic E-state index is -3.63. The van der Waals surface area contributed by atoms with Crippen LogP contribution in [0.2, 0.25) is 0 Å². The van der Waals surface area contributed by atoms with Gasteiger partial charge in [0.05, 0.1) is 11.9 Å². The highest BCUT2D eigenvalue weighted by molar-refractivity contribution is 7.89. The Balaban J connectivity index is 1.91. The number of hydrogen-bond donors (Lipinski definition) is 2. The summed E-state index contributed by atoms with van der Waals surface area (Å²) in [6, 6.07) is 5.28. The van der Waals surface area contributed by atoms with Gasteiger partial charge in [-0.25, -0.2) is 22.8 Å². The zero-order valence-corrected chi connectivity index (χ0v) is 14.3. The van der Waals surface area contributed by atoms with E-state index < -0.39 is 10.0 Å². The highest BCUT2D eigenvalue weighted by atomic mass is 32.2. The topological polar surface area (TPSA) is 88.9 Å². The first-order valence-corrected chi connectivity index (χ1v) is 9.03. The number of hydrogen-bond acceptors (Lipinski definition) is 5. The molecular weight excluding hydrogens is 314 g/mol. The molecular formula is C15H21N5O2S. The van der Waals surface area contributed by atoms with Crippen LogP contribution in [-0.4, -0.2) is 41.3 Å². The molecule has 1 unspecified atom stereocenters. The summed E-state index contributed by atoms with van der Waals surface area (Å²) in [5, 5.41) is 7.49. The molecule has 2 aromatic rings. The minimum Gasteiger partial charge on any atom is -0.310 e. The number of aromatic nitrogens is 3. The molecule has 0 saturated carbocycles. The Kier molecular flexibility index (Phi) is 3.99. The molecule has 0 aromatic carbocycles. The van der Waals surface area contributed by atoms with Gasteiger partial charge in [0.25, 0.3) is 0 Å². The fraction of sp³-hybridized carbons (Fsp3) is 0.467. The van der Waals surface area contributed by atoms with Crippen LogP contribution in [0.15, 0.2) is 35.5 Å². The summed E-state index contributed by atoms with van der Waals surface area (Å²) in [6.07, 6.45) is 3.79. The summed E-state index contributed by atoms with van der Waals surface area (Å²) in [4.78, 5) is 4.39. The molecule has 0 radical (unpaired) electrons. The molecule has 2 aromatic heterocycles. The van der Waals surface area contributed by atoms with Gasteiger partial charge in [-0.1, -0.05) is 6.07 Å². The fourth-order valence-electron chi connectivity index (χ4n) is 2.85. The second-order valence-corrected chi connectivity index (χ2v) is 7.99. The van der Waals surface area contributed by atoms with Gasteiger partial charge in [-0.3, -0.25) is 0 Å². The Morgan fingerprint density at radius 3 is 2.78 bits per heavy atom. The second-order valence-electron chi connectivity index (χ2n) is 6.30. The van der Waals surface area contributed by atoms with Crippen molar-refractivity contribution >= 4 is 10.0 Å². The molecule has 7 nitrogen and oxygen atoms in total. The maximum atomic E-state index is 12.7. The standard InChI is InChI=1S/C15H21N5O2S/c1-11-12(10-18-20(11)14-6-4-5-8-16-14)23(21,22)19-13-7-9-17-15(13,2)3/h4-6,8,10,13,17,19H,7,9H2,1-3H3. The first-order valence-electron chi connectivity index (χ1n) is 7.55. The van der Waals surface area contributed by atoms with Gasteiger partial charge >= 0.3 is 0 Å². The van der Waals surface area contributed by atoms with Crippen LogP contribution < -0.4 is 10.0 Å². The van der Waals surface area contributed by atoms with Crippen LogP contribution in [0.5, 0.6) is 0 Å². The fourth-order valence-corrected chi connectivity index (χ4v) is 4.42. The molecule has 8 heteroatoms. The third kappa shape index (κ3) is 3.01. The Bertz CT molecular complexity index is 799. The van der Waals surface area contributed by atoms with Crippen LogP contribution in [0.1, 0.15) is 26.0 Å². The highest BCUT2D eigenvalue weighted by Crippen LogP contribution is 2.23. The molecule has 0 bridgehead atoms. The molecule has 1 atom stereocenters. The van der Waals surface area contributed by atoms with E-state index in [1.165, 1.54) is 10.9 Å². The lowest BCUT2D eigenvalue weighted by Gasteiger charge is -2.27. The van der Waals surface area contributed by atoms with E-state index >= 15 is 0 Å². The molecule has 0 amide bonds. The van der Waals surface area contributed by atoms with E-state index in [9.17, 15) is 8.42 Å². The van der Waals surface area contributed by atoms with Crippen LogP contribution in [0.4, 0.5) is 0 Å². The van der Waals surface area contributed by atoms with Crippen LogP contribution in [-0.2, 0) is 10.0 Å². The number of pyridine rings is 1. The molecule has 1 aliphatic heterocycles. The molecule has 1 fully saturated rings. The maximum Gasteiger partial charge on any atom is 0.244 e. The quantitative estimate of drug-likeness (QED) is 0.870. The minimum absolute atomic E-state index is 0.148. The summed E-state index contributed by atoms with van der Waals surface area (Å²) < 4.78 is 29.8. The number of nitrogens with zero attached hydrogens (tertiary/aromatic N) is 3. The third-order valence-corrected chi connectivity index (χ3v) is 5.88. The first-order chi connectivity index (χ1) is 10.8. The zero-order chi connectivity index (χ0) is 16.7. The van der Waals surface area contributed by atoms with Crippen molar-refractivity contribution in [1.29, 1.82) is 0 Å². The van der Waals surface area contributed by atoms with E-state index in [1.54, 1.807) is 25.3 Å². The molecule has 1 saturated heterocycles. The molecule has 1 aliphatic rings. The Labute approximate surface area is 136 Å². The van der Waals surface area contributed by atoms with E-state index in [-0.39, 0.29) is 16.5 Å². The lowest BCUT2D eigenvalue weighted by molar-refractivity contribution is 0.385. The Morgan fingerprint density at radius 1 is 1.39 bits per heavy atom. The van der Waals surface area contributed by atoms with E-state index in [2.05, 4.69) is 20.1 Å². The van der Waals surface area contributed by atoms with Gasteiger partial charge in [-0.05, 0) is 45.9 Å². The summed E-state index contributed by atoms with van der Waals surface area (Å²) in [5.74, 6) is 0.592. The predicted octanol–water partition coefficient (Wildman–Crippen LogP) is 0.995. The summed E-state index contributed by atoms with van der Waals surface area (Å²) in [7, 11) is -3.63. The number of rotatable bonds is 4. The largest absolute Gasteiger partial charge is 0.310 e. The van der Waals surface area contributed by atoms with Gasteiger partial charge in [0.1, 0.15) is 4.90 Å². The van der Waals surface area contributed by atoms with Crippen LogP contribution in [0.25, 0.3) is 5.82 Å². The van der Waals surface area contributed by atoms with Gasteiger partial charge < -0.3 is 5.32 Å². The van der Waals surface area contributed by atoms with Crippen molar-refractivity contribution in [2.75, 3.05) is 6.54 Å². The molecule has 2 N–H and O–H groups in total. The number of sulfonamides is 1. The van der Waals surface area contributed by atoms with Gasteiger partial charge in [-0.2, -0.15) is 5.10 Å². The van der Waals surface area contributed by atoms with E-state index in [0.29, 0.717) is 11.5 Å². The lowest BCUT2D eigenvalue weighted by Crippen LogP contribution is -2.50. The van der Waals surface area contributed by atoms with Crippen LogP contribution in [0, 0.1) is 6.92 Å². The van der Waals surface area contributed by atoms with Crippen molar-refractivity contribution in [2.24, 2.45) is 0 Å². The van der Waals surface area contributed by atoms with Crippen LogP contribution in [0.3, 0.4) is 0 Å². The van der Waals surface area contributed by atoms with Crippen molar-refractivity contribution in [3.8, 4) is 5.82 Å². The monoisotopic (exact) mass is 335 g/mol. The summed E-state index contributed by atoms with van der Waals surface area (Å²) >= 11 is 0. The van der Waals surface area contributed by atoms with Crippen molar-refractivity contribution in [3.05, 3.63) is 36.3 Å². The Hall–Kier alpha value is -1.77. The SMILES string of the molecule is Cc1c(S(=O)(=O)NC2CCNC2(C)C)cnn1-c1ccccn1. The van der Waals surface area contributed by atoms with Gasteiger partial charge in [0.15, 0.2) is 5.82 Å². The second kappa shape index (κ2) is 5.70. The maximum absolute atomic E-state index is 12.7. The van der Waals surface area contributed by atoms with Gasteiger partial charge in [0.2, 0.25) is 10.0 Å². The first kappa shape index (κ1) is 16.1. The molecule has 3 heterocycles. The molecule has 124 valence electrons. The highest BCUT2D eigenvalue weighted by Gasteiger charge is 2.37. The van der Waals surface area contributed by atoms with Crippen LogP contribution >= 0.6 is 0 Å². The predicted molar refractivity (Wildman–Crippen MR) is 86.9 cm³/mol. The third-order valence-electron chi connectivity index (χ3n) is 4.30. The number of nitrogens with one attached hydrogen (secondary N) is 2. The van der Waals surface area contributed by atoms with Crippen molar-refractivity contribution in [3.63, 3.8) is 0 Å². The van der Waals surface area contributed by atoms with E-state index in [1.807, 2.05) is 19.9 Å². The molecule has 3 rings (SSSR count). The molecule has 23 heavy (non-hydrogen) atoms. The van der Waals surface area contributed by atoms with Crippen molar-refractivity contribution < 1.29 is 8.42 Å². The summed E-state index contributed by atoms with van der Waals surface area (Å²) in [5.41, 5.74) is 0.276. The van der Waals surface area contributed by atoms with E-state index in [4.69, 9.17) is 0 Å². The average molecular weight is 335 g/mol. The molecule has 0 spiro atoms. The Morgan fingerprint density at radius 2 is 2.17 bits per heavy atom. The summed E-state index contributed by atoms with van der Waals surface area (Å²) in [6.45, 7) is 6.52.